The van der Waals surface area contributed by atoms with Crippen molar-refractivity contribution in [3.05, 3.63) is 68.8 Å². The van der Waals surface area contributed by atoms with Crippen LogP contribution in [0.15, 0.2) is 57.5 Å². The summed E-state index contributed by atoms with van der Waals surface area (Å²) in [5, 5.41) is 15.2. The standard InChI is InChI=1S/C27H26N4O5S2/c1-35-18-12-10-17(11-13-18)31-26(34)23-19-7-3-4-9-21(19)38-25(23)29-27(31)37-15-22(32)30-28-14-16-6-5-8-20(36-2)24(16)33/h5-6,8,10-14,33H,3-4,7,9,15H2,1-2H3,(H,30,32). The highest BCUT2D eigenvalue weighted by Gasteiger charge is 2.23. The van der Waals surface area contributed by atoms with Gasteiger partial charge in [0.05, 0.1) is 37.3 Å². The van der Waals surface area contributed by atoms with E-state index in [1.165, 1.54) is 18.2 Å². The summed E-state index contributed by atoms with van der Waals surface area (Å²) >= 11 is 2.73. The number of benzene rings is 2. The van der Waals surface area contributed by atoms with E-state index < -0.39 is 0 Å². The van der Waals surface area contributed by atoms with Gasteiger partial charge < -0.3 is 14.6 Å². The Morgan fingerprint density at radius 2 is 1.97 bits per heavy atom. The first-order chi connectivity index (χ1) is 18.5. The zero-order valence-electron chi connectivity index (χ0n) is 20.9. The Balaban J connectivity index is 1.41. The second-order valence-electron chi connectivity index (χ2n) is 8.60. The number of carbonyl (C=O) groups is 1. The number of carbonyl (C=O) groups excluding carboxylic acids is 1. The summed E-state index contributed by atoms with van der Waals surface area (Å²) in [6.07, 6.45) is 5.36. The van der Waals surface area contributed by atoms with Crippen LogP contribution >= 0.6 is 23.1 Å². The molecule has 0 saturated carbocycles. The fraction of sp³-hybridized carbons (Fsp3) is 0.259. The van der Waals surface area contributed by atoms with Crippen LogP contribution in [0.2, 0.25) is 0 Å². The Kier molecular flexibility index (Phi) is 7.66. The Morgan fingerprint density at radius 1 is 1.18 bits per heavy atom. The molecule has 1 aliphatic rings. The van der Waals surface area contributed by atoms with Gasteiger partial charge in [-0.25, -0.2) is 10.4 Å². The molecule has 2 heterocycles. The number of ether oxygens (including phenoxy) is 2. The third-order valence-corrected chi connectivity index (χ3v) is 8.39. The van der Waals surface area contributed by atoms with Crippen LogP contribution < -0.4 is 20.5 Å². The summed E-state index contributed by atoms with van der Waals surface area (Å²) in [6.45, 7) is 0. The molecule has 4 aromatic rings. The maximum absolute atomic E-state index is 13.8. The largest absolute Gasteiger partial charge is 0.504 e. The third-order valence-electron chi connectivity index (χ3n) is 6.26. The molecule has 0 atom stereocenters. The second kappa shape index (κ2) is 11.3. The molecule has 0 fully saturated rings. The number of hydrogen-bond donors (Lipinski definition) is 2. The van der Waals surface area contributed by atoms with Gasteiger partial charge in [-0.05, 0) is 67.6 Å². The normalized spacial score (nSPS) is 13.0. The molecule has 11 heteroatoms. The van der Waals surface area contributed by atoms with Crippen LogP contribution in [0.4, 0.5) is 0 Å². The average Bonchev–Trinajstić information content (AvgIpc) is 3.32. The fourth-order valence-corrected chi connectivity index (χ4v) is 6.49. The maximum atomic E-state index is 13.8. The van der Waals surface area contributed by atoms with Crippen molar-refractivity contribution >= 4 is 45.4 Å². The molecule has 38 heavy (non-hydrogen) atoms. The number of hydrazone groups is 1. The minimum Gasteiger partial charge on any atom is -0.504 e. The number of phenolic OH excluding ortho intramolecular Hbond substituents is 1. The number of para-hydroxylation sites is 1. The average molecular weight is 551 g/mol. The van der Waals surface area contributed by atoms with E-state index >= 15 is 0 Å². The molecule has 0 radical (unpaired) electrons. The highest BCUT2D eigenvalue weighted by Crippen LogP contribution is 2.35. The van der Waals surface area contributed by atoms with E-state index in [0.29, 0.717) is 38.1 Å². The summed E-state index contributed by atoms with van der Waals surface area (Å²) in [5.41, 5.74) is 4.49. The number of thiophene rings is 1. The number of thioether (sulfide) groups is 1. The number of amides is 1. The van der Waals surface area contributed by atoms with Crippen LogP contribution in [-0.2, 0) is 17.6 Å². The number of aryl methyl sites for hydroxylation is 2. The third kappa shape index (κ3) is 5.11. The first-order valence-corrected chi connectivity index (χ1v) is 13.8. The molecule has 196 valence electrons. The van der Waals surface area contributed by atoms with Gasteiger partial charge in [0.25, 0.3) is 11.5 Å². The molecule has 9 nitrogen and oxygen atoms in total. The zero-order chi connectivity index (χ0) is 26.6. The van der Waals surface area contributed by atoms with Crippen molar-refractivity contribution in [2.75, 3.05) is 20.0 Å². The number of methoxy groups -OCH3 is 2. The van der Waals surface area contributed by atoms with Crippen molar-refractivity contribution in [2.45, 2.75) is 30.8 Å². The number of nitrogens with zero attached hydrogens (tertiary/aromatic N) is 3. The molecule has 0 bridgehead atoms. The second-order valence-corrected chi connectivity index (χ2v) is 10.6. The molecular weight excluding hydrogens is 524 g/mol. The summed E-state index contributed by atoms with van der Waals surface area (Å²) in [7, 11) is 3.04. The SMILES string of the molecule is COc1ccc(-n2c(SCC(=O)NN=Cc3cccc(OC)c3O)nc3sc4c(c3c2=O)CCCC4)cc1. The van der Waals surface area contributed by atoms with Crippen LogP contribution in [0, 0.1) is 0 Å². The van der Waals surface area contributed by atoms with Crippen molar-refractivity contribution in [3.8, 4) is 22.9 Å². The van der Waals surface area contributed by atoms with E-state index in [0.717, 1.165) is 43.0 Å². The molecule has 1 aliphatic carbocycles. The zero-order valence-corrected chi connectivity index (χ0v) is 22.5. The molecule has 0 saturated heterocycles. The van der Waals surface area contributed by atoms with E-state index in [1.54, 1.807) is 53.3 Å². The molecule has 2 N–H and O–H groups in total. The number of nitrogens with one attached hydrogen (secondary N) is 1. The monoisotopic (exact) mass is 550 g/mol. The number of aromatic nitrogens is 2. The Bertz CT molecular complexity index is 1580. The highest BCUT2D eigenvalue weighted by atomic mass is 32.2. The van der Waals surface area contributed by atoms with E-state index in [1.807, 2.05) is 12.1 Å². The van der Waals surface area contributed by atoms with Gasteiger partial charge in [0.15, 0.2) is 16.7 Å². The van der Waals surface area contributed by atoms with E-state index in [2.05, 4.69) is 10.5 Å². The van der Waals surface area contributed by atoms with Crippen LogP contribution in [0.1, 0.15) is 28.8 Å². The van der Waals surface area contributed by atoms with E-state index in [-0.39, 0.29) is 23.0 Å². The van der Waals surface area contributed by atoms with E-state index in [4.69, 9.17) is 14.5 Å². The number of phenols is 1. The van der Waals surface area contributed by atoms with Crippen molar-refractivity contribution in [1.82, 2.24) is 15.0 Å². The molecule has 2 aromatic carbocycles. The van der Waals surface area contributed by atoms with Gasteiger partial charge in [-0.2, -0.15) is 5.10 Å². The Morgan fingerprint density at radius 3 is 2.74 bits per heavy atom. The molecule has 0 aliphatic heterocycles. The summed E-state index contributed by atoms with van der Waals surface area (Å²) in [5.74, 6) is 0.527. The van der Waals surface area contributed by atoms with Gasteiger partial charge in [0.1, 0.15) is 10.6 Å². The van der Waals surface area contributed by atoms with Crippen LogP contribution in [0.25, 0.3) is 15.9 Å². The van der Waals surface area contributed by atoms with Gasteiger partial charge in [-0.15, -0.1) is 11.3 Å². The predicted molar refractivity (Wildman–Crippen MR) is 150 cm³/mol. The lowest BCUT2D eigenvalue weighted by atomic mass is 9.97. The van der Waals surface area contributed by atoms with Crippen LogP contribution in [-0.4, -0.2) is 46.8 Å². The minimum absolute atomic E-state index is 0.0133. The molecule has 0 unspecified atom stereocenters. The van der Waals surface area contributed by atoms with Gasteiger partial charge >= 0.3 is 0 Å². The van der Waals surface area contributed by atoms with Gasteiger partial charge in [0.2, 0.25) is 0 Å². The summed E-state index contributed by atoms with van der Waals surface area (Å²) < 4.78 is 11.9. The first-order valence-electron chi connectivity index (χ1n) is 12.0. The number of hydrogen-bond acceptors (Lipinski definition) is 9. The van der Waals surface area contributed by atoms with Gasteiger partial charge in [0, 0.05) is 10.4 Å². The quantitative estimate of drug-likeness (QED) is 0.146. The van der Waals surface area contributed by atoms with E-state index in [9.17, 15) is 14.7 Å². The van der Waals surface area contributed by atoms with Crippen molar-refractivity contribution in [2.24, 2.45) is 5.10 Å². The van der Waals surface area contributed by atoms with Crippen LogP contribution in [0.5, 0.6) is 17.2 Å². The predicted octanol–water partition coefficient (Wildman–Crippen LogP) is 4.29. The fourth-order valence-electron chi connectivity index (χ4n) is 4.39. The Labute approximate surface area is 227 Å². The van der Waals surface area contributed by atoms with Gasteiger partial charge in [-0.3, -0.25) is 14.2 Å². The van der Waals surface area contributed by atoms with Gasteiger partial charge in [-0.1, -0.05) is 17.8 Å². The topological polar surface area (TPSA) is 115 Å². The molecule has 2 aromatic heterocycles. The summed E-state index contributed by atoms with van der Waals surface area (Å²) in [4.78, 5) is 33.2. The smallest absolute Gasteiger partial charge is 0.267 e. The summed E-state index contributed by atoms with van der Waals surface area (Å²) in [6, 6.07) is 12.2. The molecular formula is C27H26N4O5S2. The maximum Gasteiger partial charge on any atom is 0.267 e. The van der Waals surface area contributed by atoms with Crippen LogP contribution in [0.3, 0.4) is 0 Å². The Hall–Kier alpha value is -3.83. The lowest BCUT2D eigenvalue weighted by Gasteiger charge is -2.14. The molecule has 5 rings (SSSR count). The molecule has 1 amide bonds. The highest BCUT2D eigenvalue weighted by molar-refractivity contribution is 7.99. The number of rotatable bonds is 8. The molecule has 0 spiro atoms. The number of fused-ring (bicyclic) bond motifs is 3. The minimum atomic E-state index is -0.380. The van der Waals surface area contributed by atoms with Crippen molar-refractivity contribution < 1.29 is 19.4 Å². The first kappa shape index (κ1) is 25.8. The number of aromatic hydroxyl groups is 1. The lowest BCUT2D eigenvalue weighted by Crippen LogP contribution is -2.24. The van der Waals surface area contributed by atoms with Crippen molar-refractivity contribution in [1.29, 1.82) is 0 Å². The lowest BCUT2D eigenvalue weighted by molar-refractivity contribution is -0.118. The van der Waals surface area contributed by atoms with Crippen molar-refractivity contribution in [3.63, 3.8) is 0 Å².